The lowest BCUT2D eigenvalue weighted by Crippen LogP contribution is -2.19. The largest absolute Gasteiger partial charge is 0.149 e. The topological polar surface area (TPSA) is 0 Å². The molecular weight excluding hydrogens is 260 g/mol. The molecule has 0 atom stereocenters. The SMILES string of the molecule is CC.CC#Cc1ccc(C(C)(C)Cc2cccs2)cc1. The molecule has 0 nitrogen and oxygen atoms in total. The molecule has 106 valence electrons. The van der Waals surface area contributed by atoms with Gasteiger partial charge < -0.3 is 0 Å². The van der Waals surface area contributed by atoms with E-state index in [4.69, 9.17) is 0 Å². The van der Waals surface area contributed by atoms with Crippen molar-refractivity contribution in [1.29, 1.82) is 0 Å². The summed E-state index contributed by atoms with van der Waals surface area (Å²) in [6, 6.07) is 13.0. The van der Waals surface area contributed by atoms with Crippen molar-refractivity contribution in [3.63, 3.8) is 0 Å². The van der Waals surface area contributed by atoms with Crippen LogP contribution in [0.2, 0.25) is 0 Å². The molecule has 0 aliphatic rings. The summed E-state index contributed by atoms with van der Waals surface area (Å²) in [5.74, 6) is 6.01. The zero-order chi connectivity index (χ0) is 15.0. The van der Waals surface area contributed by atoms with Gasteiger partial charge in [-0.3, -0.25) is 0 Å². The van der Waals surface area contributed by atoms with Gasteiger partial charge in [0, 0.05) is 10.4 Å². The Hall–Kier alpha value is -1.52. The minimum absolute atomic E-state index is 0.170. The van der Waals surface area contributed by atoms with Gasteiger partial charge in [0.25, 0.3) is 0 Å². The van der Waals surface area contributed by atoms with Gasteiger partial charge in [-0.25, -0.2) is 0 Å². The van der Waals surface area contributed by atoms with E-state index in [1.165, 1.54) is 10.4 Å². The fraction of sp³-hybridized carbons (Fsp3) is 0.368. The molecule has 0 unspecified atom stereocenters. The highest BCUT2D eigenvalue weighted by Crippen LogP contribution is 2.29. The molecule has 0 N–H and O–H groups in total. The van der Waals surface area contributed by atoms with Crippen LogP contribution in [0, 0.1) is 11.8 Å². The van der Waals surface area contributed by atoms with Crippen LogP contribution < -0.4 is 0 Å². The average Bonchev–Trinajstić information content (AvgIpc) is 2.94. The van der Waals surface area contributed by atoms with E-state index >= 15 is 0 Å². The third-order valence-electron chi connectivity index (χ3n) is 3.13. The molecular formula is C19H24S. The van der Waals surface area contributed by atoms with Crippen molar-refractivity contribution in [1.82, 2.24) is 0 Å². The average molecular weight is 284 g/mol. The van der Waals surface area contributed by atoms with Crippen molar-refractivity contribution >= 4 is 11.3 Å². The molecule has 0 aliphatic carbocycles. The molecule has 0 saturated heterocycles. The van der Waals surface area contributed by atoms with Crippen molar-refractivity contribution in [2.75, 3.05) is 0 Å². The number of thiophene rings is 1. The van der Waals surface area contributed by atoms with Crippen molar-refractivity contribution in [2.24, 2.45) is 0 Å². The standard InChI is InChI=1S/C17H18S.C2H6/c1-4-6-14-8-10-15(11-9-14)17(2,3)13-16-7-5-12-18-16;1-2/h5,7-12H,13H2,1-3H3;1-2H3. The Kier molecular flexibility index (Phi) is 6.55. The summed E-state index contributed by atoms with van der Waals surface area (Å²) in [7, 11) is 0. The predicted octanol–water partition coefficient (Wildman–Crippen LogP) is 5.67. The van der Waals surface area contributed by atoms with Gasteiger partial charge in [-0.05, 0) is 47.9 Å². The molecule has 0 radical (unpaired) electrons. The number of hydrogen-bond donors (Lipinski definition) is 0. The maximum Gasteiger partial charge on any atom is 0.0245 e. The van der Waals surface area contributed by atoms with Crippen LogP contribution in [0.5, 0.6) is 0 Å². The summed E-state index contributed by atoms with van der Waals surface area (Å²) in [5, 5.41) is 2.14. The van der Waals surface area contributed by atoms with E-state index in [0.29, 0.717) is 0 Å². The van der Waals surface area contributed by atoms with Gasteiger partial charge in [0.15, 0.2) is 0 Å². The van der Waals surface area contributed by atoms with E-state index < -0.39 is 0 Å². The van der Waals surface area contributed by atoms with Crippen LogP contribution in [0.15, 0.2) is 41.8 Å². The van der Waals surface area contributed by atoms with Crippen LogP contribution in [0.3, 0.4) is 0 Å². The lowest BCUT2D eigenvalue weighted by Gasteiger charge is -2.24. The monoisotopic (exact) mass is 284 g/mol. The molecule has 1 heterocycles. The Morgan fingerprint density at radius 3 is 2.20 bits per heavy atom. The first-order chi connectivity index (χ1) is 9.62. The highest BCUT2D eigenvalue weighted by molar-refractivity contribution is 7.09. The molecule has 0 spiro atoms. The smallest absolute Gasteiger partial charge is 0.0245 e. The van der Waals surface area contributed by atoms with Crippen molar-refractivity contribution in [2.45, 2.75) is 46.5 Å². The zero-order valence-electron chi connectivity index (χ0n) is 13.2. The Balaban J connectivity index is 0.000000956. The van der Waals surface area contributed by atoms with E-state index in [1.54, 1.807) is 0 Å². The lowest BCUT2D eigenvalue weighted by molar-refractivity contribution is 0.527. The third-order valence-corrected chi connectivity index (χ3v) is 4.01. The minimum atomic E-state index is 0.170. The molecule has 1 aromatic carbocycles. The molecule has 0 bridgehead atoms. The first-order valence-electron chi connectivity index (χ1n) is 7.17. The summed E-state index contributed by atoms with van der Waals surface area (Å²) < 4.78 is 0. The summed E-state index contributed by atoms with van der Waals surface area (Å²) in [5.41, 5.74) is 2.63. The van der Waals surface area contributed by atoms with Gasteiger partial charge >= 0.3 is 0 Å². The normalized spacial score (nSPS) is 10.1. The third kappa shape index (κ3) is 4.54. The predicted molar refractivity (Wildman–Crippen MR) is 91.4 cm³/mol. The first-order valence-corrected chi connectivity index (χ1v) is 8.05. The zero-order valence-corrected chi connectivity index (χ0v) is 14.0. The van der Waals surface area contributed by atoms with Crippen LogP contribution in [-0.2, 0) is 11.8 Å². The van der Waals surface area contributed by atoms with E-state index in [1.807, 2.05) is 32.1 Å². The van der Waals surface area contributed by atoms with Gasteiger partial charge in [0.05, 0.1) is 0 Å². The van der Waals surface area contributed by atoms with Crippen molar-refractivity contribution in [3.8, 4) is 11.8 Å². The molecule has 0 amide bonds. The fourth-order valence-electron chi connectivity index (χ4n) is 2.10. The van der Waals surface area contributed by atoms with Crippen molar-refractivity contribution in [3.05, 3.63) is 57.8 Å². The van der Waals surface area contributed by atoms with Crippen LogP contribution in [0.25, 0.3) is 0 Å². The van der Waals surface area contributed by atoms with E-state index in [0.717, 1.165) is 12.0 Å². The molecule has 1 aromatic heterocycles. The maximum absolute atomic E-state index is 3.08. The Morgan fingerprint density at radius 2 is 1.70 bits per heavy atom. The Bertz CT molecular complexity index is 548. The van der Waals surface area contributed by atoms with E-state index in [2.05, 4.69) is 67.5 Å². The number of hydrogen-bond acceptors (Lipinski definition) is 1. The molecule has 0 aliphatic heterocycles. The lowest BCUT2D eigenvalue weighted by atomic mass is 9.81. The van der Waals surface area contributed by atoms with Crippen LogP contribution in [-0.4, -0.2) is 0 Å². The second-order valence-corrected chi connectivity index (χ2v) is 6.12. The van der Waals surface area contributed by atoms with Gasteiger partial charge in [0.1, 0.15) is 0 Å². The van der Waals surface area contributed by atoms with Crippen molar-refractivity contribution < 1.29 is 0 Å². The van der Waals surface area contributed by atoms with Gasteiger partial charge in [-0.1, -0.05) is 51.8 Å². The Morgan fingerprint density at radius 1 is 1.05 bits per heavy atom. The highest BCUT2D eigenvalue weighted by Gasteiger charge is 2.21. The maximum atomic E-state index is 3.08. The molecule has 1 heteroatoms. The minimum Gasteiger partial charge on any atom is -0.149 e. The molecule has 2 aromatic rings. The summed E-state index contributed by atoms with van der Waals surface area (Å²) in [6.45, 7) is 10.5. The quantitative estimate of drug-likeness (QED) is 0.637. The first kappa shape index (κ1) is 16.5. The van der Waals surface area contributed by atoms with Crippen LogP contribution in [0.1, 0.15) is 50.6 Å². The van der Waals surface area contributed by atoms with Crippen LogP contribution >= 0.6 is 11.3 Å². The van der Waals surface area contributed by atoms with E-state index in [9.17, 15) is 0 Å². The second-order valence-electron chi connectivity index (χ2n) is 5.09. The molecule has 20 heavy (non-hydrogen) atoms. The van der Waals surface area contributed by atoms with Gasteiger partial charge in [-0.2, -0.15) is 0 Å². The summed E-state index contributed by atoms with van der Waals surface area (Å²) >= 11 is 1.83. The summed E-state index contributed by atoms with van der Waals surface area (Å²) in [4.78, 5) is 1.44. The highest BCUT2D eigenvalue weighted by atomic mass is 32.1. The number of benzene rings is 1. The van der Waals surface area contributed by atoms with Crippen LogP contribution in [0.4, 0.5) is 0 Å². The van der Waals surface area contributed by atoms with E-state index in [-0.39, 0.29) is 5.41 Å². The Labute approximate surface area is 127 Å². The summed E-state index contributed by atoms with van der Waals surface area (Å²) in [6.07, 6.45) is 1.09. The second kappa shape index (κ2) is 7.92. The fourth-order valence-corrected chi connectivity index (χ4v) is 3.03. The molecule has 0 fully saturated rings. The van der Waals surface area contributed by atoms with Gasteiger partial charge in [0.2, 0.25) is 0 Å². The van der Waals surface area contributed by atoms with Gasteiger partial charge in [-0.15, -0.1) is 17.3 Å². The molecule has 2 rings (SSSR count). The number of rotatable bonds is 3. The molecule has 0 saturated carbocycles.